The van der Waals surface area contributed by atoms with Gasteiger partial charge in [0, 0.05) is 0 Å². The molecule has 0 bridgehead atoms. The van der Waals surface area contributed by atoms with E-state index in [4.69, 9.17) is 15.9 Å². The normalized spacial score (nSPS) is 12.1. The number of nitrogens with zero attached hydrogens (tertiary/aromatic N) is 5. The summed E-state index contributed by atoms with van der Waals surface area (Å²) in [6.07, 6.45) is 1.32. The van der Waals surface area contributed by atoms with Crippen molar-refractivity contribution in [2.45, 2.75) is 17.9 Å². The van der Waals surface area contributed by atoms with Crippen LogP contribution in [0.3, 0.4) is 0 Å². The predicted octanol–water partition coefficient (Wildman–Crippen LogP) is 3.12. The number of aromatic nitrogens is 4. The third-order valence-electron chi connectivity index (χ3n) is 6.08. The molecule has 1 atom stereocenters. The number of rotatable bonds is 6. The number of hydrogen-bond donors (Lipinski definition) is 3. The molecule has 2 heterocycles. The summed E-state index contributed by atoms with van der Waals surface area (Å²) in [5, 5.41) is 18.3. The van der Waals surface area contributed by atoms with Crippen molar-refractivity contribution in [2.75, 3.05) is 11.1 Å². The first-order valence-electron chi connectivity index (χ1n) is 11.7. The molecule has 0 unspecified atom stereocenters. The quantitative estimate of drug-likeness (QED) is 0.292. The van der Waals surface area contributed by atoms with Crippen LogP contribution in [0.5, 0.6) is 0 Å². The molecule has 2 aromatic heterocycles. The van der Waals surface area contributed by atoms with Crippen molar-refractivity contribution in [3.8, 4) is 22.9 Å². The number of sulfonamides is 1. The van der Waals surface area contributed by atoms with E-state index in [0.29, 0.717) is 33.5 Å². The molecule has 11 nitrogen and oxygen atoms in total. The highest BCUT2D eigenvalue weighted by atomic mass is 32.2. The topological polar surface area (TPSA) is 183 Å². The minimum Gasteiger partial charge on any atom is -0.368 e. The van der Waals surface area contributed by atoms with Gasteiger partial charge in [0.1, 0.15) is 23.3 Å². The largest absolute Gasteiger partial charge is 0.368 e. The van der Waals surface area contributed by atoms with Crippen molar-refractivity contribution < 1.29 is 8.42 Å². The fourth-order valence-corrected chi connectivity index (χ4v) is 4.86. The van der Waals surface area contributed by atoms with Crippen molar-refractivity contribution in [1.82, 2.24) is 19.5 Å². The Morgan fingerprint density at radius 2 is 1.77 bits per heavy atom. The zero-order valence-electron chi connectivity index (χ0n) is 20.6. The Labute approximate surface area is 223 Å². The van der Waals surface area contributed by atoms with E-state index in [-0.39, 0.29) is 27.8 Å². The zero-order valence-corrected chi connectivity index (χ0v) is 21.4. The fraction of sp³-hybridized carbons (Fsp3) is 0.0741. The number of hydrogen-bond acceptors (Lipinski definition) is 9. The second kappa shape index (κ2) is 9.97. The maximum atomic E-state index is 14.2. The first-order valence-corrected chi connectivity index (χ1v) is 13.3. The molecule has 12 heteroatoms. The zero-order chi connectivity index (χ0) is 27.7. The van der Waals surface area contributed by atoms with E-state index < -0.39 is 16.1 Å². The molecular weight excluding hydrogens is 516 g/mol. The van der Waals surface area contributed by atoms with Crippen molar-refractivity contribution in [3.05, 3.63) is 101 Å². The summed E-state index contributed by atoms with van der Waals surface area (Å²) in [6.45, 7) is 1.78. The van der Waals surface area contributed by atoms with Crippen LogP contribution in [0.15, 0.2) is 88.7 Å². The highest BCUT2D eigenvalue weighted by Gasteiger charge is 2.22. The average molecular weight is 539 g/mol. The van der Waals surface area contributed by atoms with E-state index in [9.17, 15) is 18.5 Å². The molecule has 194 valence electrons. The van der Waals surface area contributed by atoms with Crippen molar-refractivity contribution in [3.63, 3.8) is 0 Å². The summed E-state index contributed by atoms with van der Waals surface area (Å²) in [5.41, 5.74) is 7.52. The Bertz CT molecular complexity index is 1930. The summed E-state index contributed by atoms with van der Waals surface area (Å²) in [5.74, 6) is 0.553. The van der Waals surface area contributed by atoms with Crippen LogP contribution in [0.25, 0.3) is 27.7 Å². The SMILES string of the molecule is C[C@@H](Nc1nc(N)ncc1C#N)c1nc2cccc(-c3cccc(S(N)(=O)=O)c3)c2c(=O)n1-c1ccccc1. The summed E-state index contributed by atoms with van der Waals surface area (Å²) in [4.78, 5) is 27.0. The Kier molecular flexibility index (Phi) is 6.53. The number of nitriles is 1. The standard InChI is InChI=1S/C27H22N8O3S/c1-16(32-24-18(14-28)15-31-27(29)34-24)25-33-22-12-6-11-21(17-7-5-10-20(13-17)39(30,37)38)23(22)26(36)35(25)19-8-3-2-4-9-19/h2-13,15-16H,1H3,(H2,30,37,38)(H3,29,31,32,34)/t16-/m1/s1. The van der Waals surface area contributed by atoms with Gasteiger partial charge in [-0.15, -0.1) is 0 Å². The number of para-hydroxylation sites is 1. The van der Waals surface area contributed by atoms with Gasteiger partial charge in [-0.1, -0.05) is 42.5 Å². The highest BCUT2D eigenvalue weighted by molar-refractivity contribution is 7.89. The lowest BCUT2D eigenvalue weighted by atomic mass is 10.0. The van der Waals surface area contributed by atoms with Gasteiger partial charge in [-0.3, -0.25) is 9.36 Å². The van der Waals surface area contributed by atoms with Crippen LogP contribution in [0.2, 0.25) is 0 Å². The minimum absolute atomic E-state index is 0.0120. The van der Waals surface area contributed by atoms with E-state index >= 15 is 0 Å². The Hall–Kier alpha value is -5.12. The van der Waals surface area contributed by atoms with E-state index in [1.165, 1.54) is 22.9 Å². The van der Waals surface area contributed by atoms with Gasteiger partial charge in [0.2, 0.25) is 16.0 Å². The van der Waals surface area contributed by atoms with Crippen LogP contribution in [0, 0.1) is 11.3 Å². The number of nitrogens with two attached hydrogens (primary N) is 2. The molecule has 5 rings (SSSR count). The van der Waals surface area contributed by atoms with Crippen LogP contribution in [0.1, 0.15) is 24.4 Å². The summed E-state index contributed by atoms with van der Waals surface area (Å²) < 4.78 is 25.4. The first kappa shape index (κ1) is 25.5. The molecule has 0 aliphatic carbocycles. The highest BCUT2D eigenvalue weighted by Crippen LogP contribution is 2.29. The molecule has 0 fully saturated rings. The van der Waals surface area contributed by atoms with Crippen LogP contribution < -0.4 is 21.7 Å². The van der Waals surface area contributed by atoms with Crippen molar-refractivity contribution in [2.24, 2.45) is 5.14 Å². The maximum Gasteiger partial charge on any atom is 0.266 e. The van der Waals surface area contributed by atoms with E-state index in [1.807, 2.05) is 12.1 Å². The third kappa shape index (κ3) is 4.91. The fourth-order valence-electron chi connectivity index (χ4n) is 4.30. The van der Waals surface area contributed by atoms with Gasteiger partial charge < -0.3 is 11.1 Å². The molecule has 0 saturated carbocycles. The molecule has 5 N–H and O–H groups in total. The van der Waals surface area contributed by atoms with Gasteiger partial charge in [-0.25, -0.2) is 23.5 Å². The number of nitrogens with one attached hydrogen (secondary N) is 1. The van der Waals surface area contributed by atoms with E-state index in [0.717, 1.165) is 0 Å². The molecule has 0 amide bonds. The van der Waals surface area contributed by atoms with Gasteiger partial charge in [0.15, 0.2) is 0 Å². The lowest BCUT2D eigenvalue weighted by Crippen LogP contribution is -2.28. The second-order valence-electron chi connectivity index (χ2n) is 8.69. The van der Waals surface area contributed by atoms with Gasteiger partial charge in [-0.2, -0.15) is 10.2 Å². The van der Waals surface area contributed by atoms with Crippen LogP contribution >= 0.6 is 0 Å². The summed E-state index contributed by atoms with van der Waals surface area (Å²) in [6, 6.07) is 21.7. The minimum atomic E-state index is -3.95. The monoisotopic (exact) mass is 538 g/mol. The van der Waals surface area contributed by atoms with Gasteiger partial charge in [0.05, 0.1) is 33.7 Å². The molecule has 0 saturated heterocycles. The molecule has 0 spiro atoms. The molecule has 3 aromatic carbocycles. The predicted molar refractivity (Wildman–Crippen MR) is 147 cm³/mol. The Morgan fingerprint density at radius 1 is 1.03 bits per heavy atom. The van der Waals surface area contributed by atoms with Crippen molar-refractivity contribution in [1.29, 1.82) is 5.26 Å². The Morgan fingerprint density at radius 3 is 2.49 bits per heavy atom. The van der Waals surface area contributed by atoms with Crippen LogP contribution in [0.4, 0.5) is 11.8 Å². The van der Waals surface area contributed by atoms with Gasteiger partial charge in [-0.05, 0) is 48.4 Å². The van der Waals surface area contributed by atoms with E-state index in [2.05, 4.69) is 15.3 Å². The third-order valence-corrected chi connectivity index (χ3v) is 6.99. The van der Waals surface area contributed by atoms with Crippen LogP contribution in [-0.2, 0) is 10.0 Å². The molecule has 0 aliphatic rings. The number of primary sulfonamides is 1. The summed E-state index contributed by atoms with van der Waals surface area (Å²) >= 11 is 0. The lowest BCUT2D eigenvalue weighted by molar-refractivity contribution is 0.598. The molecule has 0 aliphatic heterocycles. The number of benzene rings is 3. The first-order chi connectivity index (χ1) is 18.7. The van der Waals surface area contributed by atoms with Gasteiger partial charge in [0.25, 0.3) is 5.56 Å². The second-order valence-corrected chi connectivity index (χ2v) is 10.2. The molecule has 5 aromatic rings. The Balaban J connectivity index is 1.76. The van der Waals surface area contributed by atoms with Crippen LogP contribution in [-0.4, -0.2) is 27.9 Å². The smallest absolute Gasteiger partial charge is 0.266 e. The molecular formula is C27H22N8O3S. The number of nitrogen functional groups attached to an aromatic ring is 1. The maximum absolute atomic E-state index is 14.2. The van der Waals surface area contributed by atoms with E-state index in [1.54, 1.807) is 61.5 Å². The molecule has 0 radical (unpaired) electrons. The summed E-state index contributed by atoms with van der Waals surface area (Å²) in [7, 11) is -3.95. The van der Waals surface area contributed by atoms with Crippen molar-refractivity contribution >= 4 is 32.7 Å². The molecule has 39 heavy (non-hydrogen) atoms. The lowest BCUT2D eigenvalue weighted by Gasteiger charge is -2.21. The number of anilines is 2. The number of fused-ring (bicyclic) bond motifs is 1. The average Bonchev–Trinajstić information content (AvgIpc) is 2.93. The van der Waals surface area contributed by atoms with Gasteiger partial charge >= 0.3 is 0 Å².